The first-order chi connectivity index (χ1) is 12.9. The van der Waals surface area contributed by atoms with Crippen LogP contribution in [0.15, 0.2) is 47.0 Å². The number of hydrogen-bond acceptors (Lipinski definition) is 7. The molecule has 2 aromatic carbocycles. The van der Waals surface area contributed by atoms with Crippen molar-refractivity contribution >= 4 is 11.7 Å². The van der Waals surface area contributed by atoms with E-state index in [0.717, 1.165) is 0 Å². The summed E-state index contributed by atoms with van der Waals surface area (Å²) in [5.74, 6) is -1.18. The predicted molar refractivity (Wildman–Crippen MR) is 91.4 cm³/mol. The van der Waals surface area contributed by atoms with Gasteiger partial charge in [0.15, 0.2) is 6.10 Å². The van der Waals surface area contributed by atoms with Crippen molar-refractivity contribution in [3.05, 3.63) is 75.4 Å². The first-order valence-corrected chi connectivity index (χ1v) is 7.91. The molecule has 0 fully saturated rings. The Morgan fingerprint density at radius 1 is 1.30 bits per heavy atom. The molecule has 27 heavy (non-hydrogen) atoms. The smallest absolute Gasteiger partial charge is 0.345 e. The molecule has 0 N–H and O–H groups in total. The quantitative estimate of drug-likeness (QED) is 0.379. The third-order valence-electron chi connectivity index (χ3n) is 3.82. The Bertz CT molecular complexity index is 1020. The highest BCUT2D eigenvalue weighted by Crippen LogP contribution is 2.25. The number of benzene rings is 2. The maximum Gasteiger partial charge on any atom is 0.345 e. The summed E-state index contributed by atoms with van der Waals surface area (Å²) in [6, 6.07) is 9.93. The summed E-state index contributed by atoms with van der Waals surface area (Å²) < 4.78 is 23.9. The number of carbonyl (C=O) groups excluding carboxylic acids is 1. The minimum Gasteiger partial charge on any atom is -0.449 e. The second-order valence-electron chi connectivity index (χ2n) is 5.74. The highest BCUT2D eigenvalue weighted by atomic mass is 19.1. The van der Waals surface area contributed by atoms with E-state index in [0.29, 0.717) is 11.1 Å². The topological polar surface area (TPSA) is 108 Å². The molecular formula is C18H14FN3O5. The number of hydrogen-bond donors (Lipinski definition) is 0. The minimum atomic E-state index is -0.950. The van der Waals surface area contributed by atoms with Crippen molar-refractivity contribution in [2.45, 2.75) is 20.0 Å². The van der Waals surface area contributed by atoms with E-state index in [9.17, 15) is 19.3 Å². The number of carbonyl (C=O) groups is 1. The highest BCUT2D eigenvalue weighted by molar-refractivity contribution is 5.93. The van der Waals surface area contributed by atoms with Crippen LogP contribution < -0.4 is 0 Å². The average Bonchev–Trinajstić information content (AvgIpc) is 3.14. The third kappa shape index (κ3) is 3.81. The largest absolute Gasteiger partial charge is 0.449 e. The molecule has 0 bridgehead atoms. The van der Waals surface area contributed by atoms with Gasteiger partial charge in [0.2, 0.25) is 5.82 Å². The lowest BCUT2D eigenvalue weighted by atomic mass is 10.1. The molecule has 0 spiro atoms. The summed E-state index contributed by atoms with van der Waals surface area (Å²) in [5, 5.41) is 14.8. The molecule has 1 aromatic heterocycles. The summed E-state index contributed by atoms with van der Waals surface area (Å²) in [4.78, 5) is 26.7. The second kappa shape index (κ2) is 7.32. The SMILES string of the molecule is Cc1ccc(-c2noc(C(C)OC(=O)c3ccccc3[N+](=O)[O-])n2)cc1F. The number of para-hydroxylation sites is 1. The number of nitro benzene ring substituents is 1. The van der Waals surface area contributed by atoms with Gasteiger partial charge in [-0.1, -0.05) is 29.4 Å². The molecular weight excluding hydrogens is 357 g/mol. The maximum absolute atomic E-state index is 13.7. The molecule has 0 amide bonds. The zero-order chi connectivity index (χ0) is 19.6. The van der Waals surface area contributed by atoms with Gasteiger partial charge in [0, 0.05) is 11.6 Å². The van der Waals surface area contributed by atoms with Gasteiger partial charge in [0.05, 0.1) is 4.92 Å². The predicted octanol–water partition coefficient (Wildman–Crippen LogP) is 4.01. The van der Waals surface area contributed by atoms with Crippen LogP contribution in [0.25, 0.3) is 11.4 Å². The Balaban J connectivity index is 1.78. The molecule has 3 rings (SSSR count). The standard InChI is InChI=1S/C18H14FN3O5/c1-10-7-8-12(9-14(10)19)16-20-17(27-21-16)11(2)26-18(23)13-5-3-4-6-15(13)22(24)25/h3-9,11H,1-2H3. The van der Waals surface area contributed by atoms with Crippen LogP contribution >= 0.6 is 0 Å². The van der Waals surface area contributed by atoms with Crippen LogP contribution in [0.4, 0.5) is 10.1 Å². The number of halogens is 1. The highest BCUT2D eigenvalue weighted by Gasteiger charge is 2.25. The molecule has 0 saturated heterocycles. The van der Waals surface area contributed by atoms with Gasteiger partial charge in [-0.2, -0.15) is 4.98 Å². The maximum atomic E-state index is 13.7. The normalized spacial score (nSPS) is 11.8. The lowest BCUT2D eigenvalue weighted by Crippen LogP contribution is -2.11. The van der Waals surface area contributed by atoms with Gasteiger partial charge in [0.1, 0.15) is 11.4 Å². The van der Waals surface area contributed by atoms with Crippen LogP contribution in [-0.2, 0) is 4.74 Å². The number of aryl methyl sites for hydroxylation is 1. The Morgan fingerprint density at radius 3 is 2.74 bits per heavy atom. The molecule has 0 aliphatic heterocycles. The van der Waals surface area contributed by atoms with Gasteiger partial charge in [-0.25, -0.2) is 9.18 Å². The summed E-state index contributed by atoms with van der Waals surface area (Å²) >= 11 is 0. The minimum absolute atomic E-state index is 0.0158. The van der Waals surface area contributed by atoms with Gasteiger partial charge in [-0.05, 0) is 31.5 Å². The van der Waals surface area contributed by atoms with Crippen molar-refractivity contribution in [3.8, 4) is 11.4 Å². The zero-order valence-corrected chi connectivity index (χ0v) is 14.4. The first-order valence-electron chi connectivity index (χ1n) is 7.91. The fourth-order valence-electron chi connectivity index (χ4n) is 2.33. The van der Waals surface area contributed by atoms with E-state index in [-0.39, 0.29) is 23.0 Å². The van der Waals surface area contributed by atoms with Crippen molar-refractivity contribution in [3.63, 3.8) is 0 Å². The second-order valence-corrected chi connectivity index (χ2v) is 5.74. The van der Waals surface area contributed by atoms with Crippen LogP contribution in [0.5, 0.6) is 0 Å². The van der Waals surface area contributed by atoms with E-state index in [1.54, 1.807) is 19.1 Å². The molecule has 0 saturated carbocycles. The van der Waals surface area contributed by atoms with Crippen LogP contribution in [0.3, 0.4) is 0 Å². The van der Waals surface area contributed by atoms with Gasteiger partial charge >= 0.3 is 5.97 Å². The van der Waals surface area contributed by atoms with Gasteiger partial charge in [-0.3, -0.25) is 10.1 Å². The van der Waals surface area contributed by atoms with Crippen LogP contribution in [0.1, 0.15) is 34.8 Å². The third-order valence-corrected chi connectivity index (χ3v) is 3.82. The monoisotopic (exact) mass is 371 g/mol. The van der Waals surface area contributed by atoms with Gasteiger partial charge in [-0.15, -0.1) is 0 Å². The van der Waals surface area contributed by atoms with E-state index in [4.69, 9.17) is 9.26 Å². The van der Waals surface area contributed by atoms with Crippen molar-refractivity contribution < 1.29 is 23.4 Å². The summed E-state index contributed by atoms with van der Waals surface area (Å²) in [6.07, 6.45) is -0.950. The molecule has 1 atom stereocenters. The molecule has 138 valence electrons. The van der Waals surface area contributed by atoms with E-state index in [2.05, 4.69) is 10.1 Å². The van der Waals surface area contributed by atoms with Crippen molar-refractivity contribution in [2.24, 2.45) is 0 Å². The van der Waals surface area contributed by atoms with E-state index in [1.165, 1.54) is 37.3 Å². The fraction of sp³-hybridized carbons (Fsp3) is 0.167. The van der Waals surface area contributed by atoms with Gasteiger partial charge in [0.25, 0.3) is 11.6 Å². The first kappa shape index (κ1) is 18.2. The molecule has 1 unspecified atom stereocenters. The lowest BCUT2D eigenvalue weighted by Gasteiger charge is -2.09. The number of nitro groups is 1. The fourth-order valence-corrected chi connectivity index (χ4v) is 2.33. The Labute approximate surface area is 152 Å². The van der Waals surface area contributed by atoms with E-state index < -0.39 is 22.8 Å². The van der Waals surface area contributed by atoms with Crippen LogP contribution in [0, 0.1) is 22.9 Å². The van der Waals surface area contributed by atoms with Crippen LogP contribution in [-0.4, -0.2) is 21.0 Å². The van der Waals surface area contributed by atoms with E-state index in [1.807, 2.05) is 0 Å². The average molecular weight is 371 g/mol. The Morgan fingerprint density at radius 2 is 2.04 bits per heavy atom. The summed E-state index contributed by atoms with van der Waals surface area (Å²) in [6.45, 7) is 3.12. The van der Waals surface area contributed by atoms with Crippen molar-refractivity contribution in [1.82, 2.24) is 10.1 Å². The number of rotatable bonds is 5. The number of aromatic nitrogens is 2. The summed E-state index contributed by atoms with van der Waals surface area (Å²) in [5.41, 5.74) is 0.338. The molecule has 8 nitrogen and oxygen atoms in total. The number of ether oxygens (including phenoxy) is 1. The zero-order valence-electron chi connectivity index (χ0n) is 14.4. The van der Waals surface area contributed by atoms with Crippen molar-refractivity contribution in [2.75, 3.05) is 0 Å². The molecule has 9 heteroatoms. The molecule has 3 aromatic rings. The lowest BCUT2D eigenvalue weighted by molar-refractivity contribution is -0.385. The molecule has 1 heterocycles. The number of esters is 1. The summed E-state index contributed by atoms with van der Waals surface area (Å²) in [7, 11) is 0. The van der Waals surface area contributed by atoms with Crippen LogP contribution in [0.2, 0.25) is 0 Å². The molecule has 0 aliphatic carbocycles. The Hall–Kier alpha value is -3.62. The van der Waals surface area contributed by atoms with E-state index >= 15 is 0 Å². The van der Waals surface area contributed by atoms with Gasteiger partial charge < -0.3 is 9.26 Å². The van der Waals surface area contributed by atoms with Crippen molar-refractivity contribution in [1.29, 1.82) is 0 Å². The Kier molecular flexibility index (Phi) is 4.93. The number of nitrogens with zero attached hydrogens (tertiary/aromatic N) is 3. The molecule has 0 radical (unpaired) electrons. The molecule has 0 aliphatic rings.